The first kappa shape index (κ1) is 14.2. The van der Waals surface area contributed by atoms with E-state index < -0.39 is 0 Å². The maximum absolute atomic E-state index is 6.24. The fraction of sp³-hybridized carbons (Fsp3) is 0.647. The smallest absolute Gasteiger partial charge is 0.0426 e. The average Bonchev–Trinajstić information content (AvgIpc) is 2.90. The molecule has 1 aromatic carbocycles. The molecule has 1 saturated carbocycles. The van der Waals surface area contributed by atoms with Gasteiger partial charge in [0.2, 0.25) is 0 Å². The van der Waals surface area contributed by atoms with Gasteiger partial charge in [0, 0.05) is 35.4 Å². The zero-order valence-electron chi connectivity index (χ0n) is 12.6. The van der Waals surface area contributed by atoms with Crippen molar-refractivity contribution in [2.24, 2.45) is 0 Å². The van der Waals surface area contributed by atoms with Gasteiger partial charge in [-0.2, -0.15) is 0 Å². The van der Waals surface area contributed by atoms with Crippen LogP contribution in [0.4, 0.5) is 5.69 Å². The van der Waals surface area contributed by atoms with E-state index in [4.69, 9.17) is 11.6 Å². The topological polar surface area (TPSA) is 15.3 Å². The number of hydrogen-bond acceptors (Lipinski definition) is 2. The van der Waals surface area contributed by atoms with Crippen LogP contribution in [0, 0.1) is 6.92 Å². The van der Waals surface area contributed by atoms with Crippen molar-refractivity contribution in [3.05, 3.63) is 28.8 Å². The average molecular weight is 293 g/mol. The summed E-state index contributed by atoms with van der Waals surface area (Å²) < 4.78 is 0. The van der Waals surface area contributed by atoms with Crippen LogP contribution in [-0.4, -0.2) is 24.7 Å². The summed E-state index contributed by atoms with van der Waals surface area (Å²) in [5.41, 5.74) is 3.01. The van der Waals surface area contributed by atoms with Crippen LogP contribution in [0.3, 0.4) is 0 Å². The molecule has 0 aromatic heterocycles. The van der Waals surface area contributed by atoms with E-state index in [-0.39, 0.29) is 0 Å². The third-order valence-corrected chi connectivity index (χ3v) is 5.37. The number of halogens is 1. The van der Waals surface area contributed by atoms with Gasteiger partial charge in [-0.15, -0.1) is 0 Å². The minimum absolute atomic E-state index is 0.348. The van der Waals surface area contributed by atoms with Crippen LogP contribution in [0.1, 0.15) is 44.6 Å². The van der Waals surface area contributed by atoms with E-state index >= 15 is 0 Å². The molecule has 1 N–H and O–H groups in total. The molecule has 1 saturated heterocycles. The first-order chi connectivity index (χ1) is 9.63. The summed E-state index contributed by atoms with van der Waals surface area (Å²) in [5.74, 6) is 0. The van der Waals surface area contributed by atoms with Crippen LogP contribution in [0.25, 0.3) is 0 Å². The minimum Gasteiger partial charge on any atom is -0.365 e. The lowest BCUT2D eigenvalue weighted by Gasteiger charge is -2.48. The molecule has 20 heavy (non-hydrogen) atoms. The number of hydrogen-bond donors (Lipinski definition) is 1. The van der Waals surface area contributed by atoms with Crippen molar-refractivity contribution < 1.29 is 0 Å². The van der Waals surface area contributed by atoms with Crippen LogP contribution in [0.15, 0.2) is 18.2 Å². The molecule has 0 bridgehead atoms. The number of benzene rings is 1. The summed E-state index contributed by atoms with van der Waals surface area (Å²) in [6.07, 6.45) is 6.55. The molecule has 110 valence electrons. The lowest BCUT2D eigenvalue weighted by molar-refractivity contribution is 0.267. The largest absolute Gasteiger partial charge is 0.365 e. The summed E-state index contributed by atoms with van der Waals surface area (Å²) in [6.45, 7) is 6.71. The van der Waals surface area contributed by atoms with Crippen molar-refractivity contribution in [1.29, 1.82) is 0 Å². The van der Waals surface area contributed by atoms with Gasteiger partial charge in [0.1, 0.15) is 0 Å². The van der Waals surface area contributed by atoms with Crippen molar-refractivity contribution in [3.8, 4) is 0 Å². The molecule has 1 spiro atoms. The van der Waals surface area contributed by atoms with Crippen LogP contribution < -0.4 is 10.2 Å². The molecule has 1 aliphatic carbocycles. The number of nitrogens with zero attached hydrogens (tertiary/aromatic N) is 1. The summed E-state index contributed by atoms with van der Waals surface area (Å²) in [6, 6.07) is 6.87. The number of nitrogens with one attached hydrogen (secondary N) is 1. The van der Waals surface area contributed by atoms with E-state index in [9.17, 15) is 0 Å². The van der Waals surface area contributed by atoms with E-state index in [1.54, 1.807) is 0 Å². The van der Waals surface area contributed by atoms with Gasteiger partial charge < -0.3 is 10.2 Å². The Kier molecular flexibility index (Phi) is 3.96. The first-order valence-electron chi connectivity index (χ1n) is 7.91. The molecule has 1 atom stereocenters. The first-order valence-corrected chi connectivity index (χ1v) is 8.29. The van der Waals surface area contributed by atoms with Gasteiger partial charge in [-0.25, -0.2) is 0 Å². The molecule has 1 aliphatic heterocycles. The summed E-state index contributed by atoms with van der Waals surface area (Å²) >= 11 is 6.24. The van der Waals surface area contributed by atoms with E-state index in [0.717, 1.165) is 18.1 Å². The molecule has 2 nitrogen and oxygen atoms in total. The van der Waals surface area contributed by atoms with Crippen molar-refractivity contribution in [2.45, 2.75) is 57.5 Å². The quantitative estimate of drug-likeness (QED) is 0.881. The second kappa shape index (κ2) is 5.57. The maximum Gasteiger partial charge on any atom is 0.0426 e. The molecule has 0 radical (unpaired) electrons. The highest BCUT2D eigenvalue weighted by Gasteiger charge is 2.40. The zero-order valence-corrected chi connectivity index (χ0v) is 13.3. The van der Waals surface area contributed by atoms with Gasteiger partial charge in [-0.3, -0.25) is 0 Å². The fourth-order valence-electron chi connectivity index (χ4n) is 3.88. The Hall–Kier alpha value is -0.730. The second-order valence-corrected chi connectivity index (χ2v) is 6.93. The van der Waals surface area contributed by atoms with Gasteiger partial charge in [0.15, 0.2) is 0 Å². The molecule has 0 amide bonds. The molecule has 1 aromatic rings. The summed E-state index contributed by atoms with van der Waals surface area (Å²) in [7, 11) is 0. The number of anilines is 1. The van der Waals surface area contributed by atoms with Gasteiger partial charge in [0.25, 0.3) is 0 Å². The SMILES string of the molecule is CCC1CNC2(CCCC2)CN1c1cc(Cl)ccc1C. The van der Waals surface area contributed by atoms with Gasteiger partial charge in [-0.1, -0.05) is 37.4 Å². The lowest BCUT2D eigenvalue weighted by atomic mass is 9.91. The van der Waals surface area contributed by atoms with Crippen molar-refractivity contribution >= 4 is 17.3 Å². The molecule has 3 rings (SSSR count). The minimum atomic E-state index is 0.348. The van der Waals surface area contributed by atoms with Crippen LogP contribution in [-0.2, 0) is 0 Å². The zero-order chi connectivity index (χ0) is 14.2. The number of aryl methyl sites for hydroxylation is 1. The van der Waals surface area contributed by atoms with E-state index in [1.165, 1.54) is 43.4 Å². The van der Waals surface area contributed by atoms with Crippen LogP contribution in [0.2, 0.25) is 5.02 Å². The summed E-state index contributed by atoms with van der Waals surface area (Å²) in [4.78, 5) is 2.61. The maximum atomic E-state index is 6.24. The van der Waals surface area contributed by atoms with E-state index in [2.05, 4.69) is 36.2 Å². The van der Waals surface area contributed by atoms with E-state index in [1.807, 2.05) is 6.07 Å². The van der Waals surface area contributed by atoms with E-state index in [0.29, 0.717) is 11.6 Å². The Balaban J connectivity index is 1.92. The van der Waals surface area contributed by atoms with Crippen molar-refractivity contribution in [3.63, 3.8) is 0 Å². The second-order valence-electron chi connectivity index (χ2n) is 6.49. The molecule has 1 unspecified atom stereocenters. The standard InChI is InChI=1S/C17H25ClN2/c1-3-15-11-19-17(8-4-5-9-17)12-20(15)16-10-14(18)7-6-13(16)2/h6-7,10,15,19H,3-5,8-9,11-12H2,1-2H3. The Morgan fingerprint density at radius 2 is 2.10 bits per heavy atom. The highest BCUT2D eigenvalue weighted by atomic mass is 35.5. The predicted molar refractivity (Wildman–Crippen MR) is 86.8 cm³/mol. The molecule has 1 heterocycles. The third-order valence-electron chi connectivity index (χ3n) is 5.14. The Morgan fingerprint density at radius 1 is 1.35 bits per heavy atom. The van der Waals surface area contributed by atoms with Crippen molar-refractivity contribution in [2.75, 3.05) is 18.0 Å². The lowest BCUT2D eigenvalue weighted by Crippen LogP contribution is -2.63. The Labute approximate surface area is 127 Å². The third kappa shape index (κ3) is 2.56. The van der Waals surface area contributed by atoms with Gasteiger partial charge in [0.05, 0.1) is 0 Å². The Bertz CT molecular complexity index is 480. The van der Waals surface area contributed by atoms with Gasteiger partial charge >= 0.3 is 0 Å². The highest BCUT2D eigenvalue weighted by Crippen LogP contribution is 2.37. The van der Waals surface area contributed by atoms with Gasteiger partial charge in [-0.05, 0) is 43.9 Å². The molecule has 2 fully saturated rings. The number of piperazine rings is 1. The molecular formula is C17H25ClN2. The monoisotopic (exact) mass is 292 g/mol. The molecular weight excluding hydrogens is 268 g/mol. The predicted octanol–water partition coefficient (Wildman–Crippen LogP) is 4.15. The highest BCUT2D eigenvalue weighted by molar-refractivity contribution is 6.30. The van der Waals surface area contributed by atoms with Crippen molar-refractivity contribution in [1.82, 2.24) is 5.32 Å². The molecule has 2 aliphatic rings. The fourth-order valence-corrected chi connectivity index (χ4v) is 4.05. The number of rotatable bonds is 2. The van der Waals surface area contributed by atoms with Crippen LogP contribution >= 0.6 is 11.6 Å². The summed E-state index contributed by atoms with van der Waals surface area (Å²) in [5, 5.41) is 4.70. The Morgan fingerprint density at radius 3 is 2.80 bits per heavy atom. The van der Waals surface area contributed by atoms with Crippen LogP contribution in [0.5, 0.6) is 0 Å². The molecule has 3 heteroatoms. The normalized spacial score (nSPS) is 25.4.